The summed E-state index contributed by atoms with van der Waals surface area (Å²) >= 11 is 1.49. The van der Waals surface area contributed by atoms with Gasteiger partial charge in [0.1, 0.15) is 5.75 Å². The fraction of sp³-hybridized carbons (Fsp3) is 0. The molecule has 1 aromatic rings. The Balaban J connectivity index is 0.000000360. The van der Waals surface area contributed by atoms with E-state index >= 15 is 0 Å². The molecule has 0 spiro atoms. The predicted octanol–water partition coefficient (Wildman–Crippen LogP) is 1.07. The molecule has 0 amide bonds. The minimum atomic E-state index is 0. The van der Waals surface area contributed by atoms with Crippen molar-refractivity contribution in [2.75, 3.05) is 0 Å². The number of rotatable bonds is 0. The molecule has 1 heterocycles. The van der Waals surface area contributed by atoms with Crippen molar-refractivity contribution in [3.8, 4) is 5.75 Å². The first-order chi connectivity index (χ1) is 2.89. The van der Waals surface area contributed by atoms with Crippen molar-refractivity contribution in [3.63, 3.8) is 0 Å². The van der Waals surface area contributed by atoms with Gasteiger partial charge in [0.2, 0.25) is 0 Å². The monoisotopic (exact) mass is 123 g/mol. The van der Waals surface area contributed by atoms with E-state index in [0.29, 0.717) is 5.75 Å². The fourth-order valence-electron chi connectivity index (χ4n) is 0.257. The van der Waals surface area contributed by atoms with E-state index in [-0.39, 0.29) is 29.6 Å². The maximum Gasteiger partial charge on any atom is 0.126 e. The van der Waals surface area contributed by atoms with Gasteiger partial charge >= 0.3 is 0 Å². The molecule has 0 fully saturated rings. The Hall–Kier alpha value is 0.500. The van der Waals surface area contributed by atoms with Crippen LogP contribution in [0.25, 0.3) is 0 Å². The summed E-state index contributed by atoms with van der Waals surface area (Å²) in [6.45, 7) is 0. The van der Waals surface area contributed by atoms with Crippen LogP contribution in [0, 0.1) is 0 Å². The average molecular weight is 123 g/mol. The summed E-state index contributed by atoms with van der Waals surface area (Å²) in [5, 5.41) is 12.0. The topological polar surface area (TPSA) is 20.2 Å². The van der Waals surface area contributed by atoms with Gasteiger partial charge in [0.25, 0.3) is 0 Å². The summed E-state index contributed by atoms with van der Waals surface area (Å²) in [6, 6.07) is 1.66. The van der Waals surface area contributed by atoms with Gasteiger partial charge in [-0.05, 0) is 11.4 Å². The Morgan fingerprint density at radius 1 is 1.57 bits per heavy atom. The molecule has 0 aliphatic rings. The second kappa shape index (κ2) is 3.50. The molecule has 7 heavy (non-hydrogen) atoms. The Morgan fingerprint density at radius 2 is 2.29 bits per heavy atom. The van der Waals surface area contributed by atoms with Crippen LogP contribution in [-0.4, -0.2) is 34.7 Å². The molecule has 33 valence electrons. The van der Waals surface area contributed by atoms with Crippen molar-refractivity contribution in [2.45, 2.75) is 0 Å². The second-order valence-corrected chi connectivity index (χ2v) is 1.76. The molecule has 0 aromatic carbocycles. The molecule has 0 saturated carbocycles. The number of hydrogen-bond acceptors (Lipinski definition) is 2. The zero-order valence-corrected chi connectivity index (χ0v) is 6.90. The van der Waals surface area contributed by atoms with Gasteiger partial charge < -0.3 is 5.11 Å². The number of aromatic hydroxyl groups is 1. The van der Waals surface area contributed by atoms with Crippen molar-refractivity contribution in [1.29, 1.82) is 0 Å². The van der Waals surface area contributed by atoms with Gasteiger partial charge in [-0.1, -0.05) is 0 Å². The van der Waals surface area contributed by atoms with Crippen LogP contribution < -0.4 is 0 Å². The van der Waals surface area contributed by atoms with Crippen LogP contribution in [0.15, 0.2) is 16.8 Å². The van der Waals surface area contributed by atoms with Crippen molar-refractivity contribution in [2.24, 2.45) is 0 Å². The van der Waals surface area contributed by atoms with Gasteiger partial charge in [-0.15, -0.1) is 11.3 Å². The molecule has 0 bridgehead atoms. The van der Waals surface area contributed by atoms with Gasteiger partial charge in [0, 0.05) is 34.9 Å². The Labute approximate surface area is 68.3 Å². The zero-order chi connectivity index (χ0) is 4.41. The van der Waals surface area contributed by atoms with Crippen LogP contribution in [0.4, 0.5) is 0 Å². The third-order valence-electron chi connectivity index (χ3n) is 0.506. The van der Waals surface area contributed by atoms with E-state index in [2.05, 4.69) is 0 Å². The quantitative estimate of drug-likeness (QED) is 0.512. The third-order valence-corrected chi connectivity index (χ3v) is 1.18. The Bertz CT molecular complexity index is 115. The average Bonchev–Trinajstić information content (AvgIpc) is 1.86. The van der Waals surface area contributed by atoms with Gasteiger partial charge in [0.15, 0.2) is 0 Å². The minimum Gasteiger partial charge on any atom is -0.507 e. The first kappa shape index (κ1) is 7.50. The van der Waals surface area contributed by atoms with E-state index in [1.807, 2.05) is 5.38 Å². The standard InChI is InChI=1S/C4H4OS.Na/c5-4-1-2-6-3-4;/h1-3,5H;. The summed E-state index contributed by atoms with van der Waals surface area (Å²) in [6.07, 6.45) is 0. The molecule has 1 radical (unpaired) electrons. The van der Waals surface area contributed by atoms with Gasteiger partial charge in [-0.25, -0.2) is 0 Å². The van der Waals surface area contributed by atoms with Crippen LogP contribution in [-0.2, 0) is 0 Å². The molecule has 0 atom stereocenters. The summed E-state index contributed by atoms with van der Waals surface area (Å²) < 4.78 is 0. The first-order valence-electron chi connectivity index (χ1n) is 1.61. The van der Waals surface area contributed by atoms with Gasteiger partial charge in [-0.3, -0.25) is 0 Å². The SMILES string of the molecule is Oc1ccsc1.[Na]. The van der Waals surface area contributed by atoms with Crippen molar-refractivity contribution in [3.05, 3.63) is 16.8 Å². The maximum atomic E-state index is 8.48. The molecule has 1 rings (SSSR count). The third kappa shape index (κ3) is 2.34. The molecular weight excluding hydrogens is 119 g/mol. The molecule has 0 aliphatic heterocycles. The van der Waals surface area contributed by atoms with Gasteiger partial charge in [-0.2, -0.15) is 0 Å². The van der Waals surface area contributed by atoms with Crippen LogP contribution in [0.2, 0.25) is 0 Å². The van der Waals surface area contributed by atoms with E-state index in [4.69, 9.17) is 5.11 Å². The van der Waals surface area contributed by atoms with Crippen LogP contribution in [0.5, 0.6) is 5.75 Å². The number of hydrogen-bond donors (Lipinski definition) is 1. The van der Waals surface area contributed by atoms with Crippen LogP contribution in [0.1, 0.15) is 0 Å². The molecule has 1 nitrogen and oxygen atoms in total. The van der Waals surface area contributed by atoms with Gasteiger partial charge in [0.05, 0.1) is 0 Å². The minimum absolute atomic E-state index is 0. The summed E-state index contributed by atoms with van der Waals surface area (Å²) in [5.74, 6) is 0.361. The molecule has 0 saturated heterocycles. The fourth-order valence-corrected chi connectivity index (χ4v) is 0.772. The largest absolute Gasteiger partial charge is 0.507 e. The van der Waals surface area contributed by atoms with E-state index in [1.54, 1.807) is 11.4 Å². The summed E-state index contributed by atoms with van der Waals surface area (Å²) in [7, 11) is 0. The van der Waals surface area contributed by atoms with Crippen LogP contribution >= 0.6 is 11.3 Å². The first-order valence-corrected chi connectivity index (χ1v) is 2.55. The number of thiophene rings is 1. The second-order valence-electron chi connectivity index (χ2n) is 0.982. The maximum absolute atomic E-state index is 8.48. The molecule has 0 aliphatic carbocycles. The zero-order valence-electron chi connectivity index (χ0n) is 4.09. The molecular formula is C4H4NaOS. The summed E-state index contributed by atoms with van der Waals surface area (Å²) in [4.78, 5) is 0. The Kier molecular flexibility index (Phi) is 3.75. The van der Waals surface area contributed by atoms with E-state index < -0.39 is 0 Å². The Morgan fingerprint density at radius 3 is 2.43 bits per heavy atom. The molecule has 1 N–H and O–H groups in total. The van der Waals surface area contributed by atoms with E-state index in [0.717, 1.165) is 0 Å². The normalized spacial score (nSPS) is 7.43. The smallest absolute Gasteiger partial charge is 0.126 e. The van der Waals surface area contributed by atoms with Crippen molar-refractivity contribution >= 4 is 40.9 Å². The van der Waals surface area contributed by atoms with E-state index in [1.165, 1.54) is 11.3 Å². The predicted molar refractivity (Wildman–Crippen MR) is 31.7 cm³/mol. The molecule has 3 heteroatoms. The van der Waals surface area contributed by atoms with Crippen molar-refractivity contribution < 1.29 is 5.11 Å². The van der Waals surface area contributed by atoms with Crippen molar-refractivity contribution in [1.82, 2.24) is 0 Å². The molecule has 1 aromatic heterocycles. The van der Waals surface area contributed by atoms with Crippen LogP contribution in [0.3, 0.4) is 0 Å². The van der Waals surface area contributed by atoms with E-state index in [9.17, 15) is 0 Å². The summed E-state index contributed by atoms with van der Waals surface area (Å²) in [5.41, 5.74) is 0. The molecule has 0 unspecified atom stereocenters.